The van der Waals surface area contributed by atoms with Crippen molar-refractivity contribution in [2.45, 2.75) is 0 Å². The molecule has 0 atom stereocenters. The van der Waals surface area contributed by atoms with Crippen molar-refractivity contribution in [2.75, 3.05) is 4.90 Å². The second-order valence-electron chi connectivity index (χ2n) is 17.4. The molecule has 0 amide bonds. The number of aromatic nitrogens is 2. The molecule has 306 valence electrons. The van der Waals surface area contributed by atoms with Crippen LogP contribution in [0.25, 0.3) is 113 Å². The molecule has 66 heavy (non-hydrogen) atoms. The third-order valence-corrected chi connectivity index (χ3v) is 15.0. The Morgan fingerprint density at radius 2 is 0.909 bits per heavy atom. The van der Waals surface area contributed by atoms with E-state index in [4.69, 9.17) is 9.72 Å². The minimum absolute atomic E-state index is 0.798. The van der Waals surface area contributed by atoms with Crippen LogP contribution in [0.15, 0.2) is 212 Å². The molecular formula is C61H35N3OS. The molecule has 0 unspecified atom stereocenters. The highest BCUT2D eigenvalue weighted by atomic mass is 32.1. The molecule has 3 aromatic heterocycles. The molecule has 0 bridgehead atoms. The zero-order valence-electron chi connectivity index (χ0n) is 35.4. The number of nitrogens with zero attached hydrogens (tertiary/aromatic N) is 3. The van der Waals surface area contributed by atoms with Crippen LogP contribution in [-0.2, 0) is 0 Å². The molecule has 0 saturated carbocycles. The molecule has 1 aliphatic heterocycles. The number of benzene rings is 11. The first-order chi connectivity index (χ1) is 32.7. The summed E-state index contributed by atoms with van der Waals surface area (Å²) in [6, 6.07) is 77.3. The molecule has 0 N–H and O–H groups in total. The van der Waals surface area contributed by atoms with Gasteiger partial charge in [0, 0.05) is 36.6 Å². The van der Waals surface area contributed by atoms with Gasteiger partial charge in [-0.05, 0) is 127 Å². The van der Waals surface area contributed by atoms with Crippen molar-refractivity contribution in [3.63, 3.8) is 0 Å². The van der Waals surface area contributed by atoms with Crippen molar-refractivity contribution in [3.05, 3.63) is 212 Å². The van der Waals surface area contributed by atoms with Gasteiger partial charge in [-0.1, -0.05) is 146 Å². The fraction of sp³-hybridized carbons (Fsp3) is 0. The summed E-state index contributed by atoms with van der Waals surface area (Å²) in [4.78, 5) is 7.70. The average Bonchev–Trinajstić information content (AvgIpc) is 3.96. The summed E-state index contributed by atoms with van der Waals surface area (Å²) in [5.74, 6) is 1.62. The van der Waals surface area contributed by atoms with Crippen LogP contribution in [0.1, 0.15) is 0 Å². The van der Waals surface area contributed by atoms with E-state index in [-0.39, 0.29) is 0 Å². The van der Waals surface area contributed by atoms with E-state index in [1.54, 1.807) is 0 Å². The Labute approximate surface area is 382 Å². The van der Waals surface area contributed by atoms with E-state index in [1.165, 1.54) is 63.3 Å². The Morgan fingerprint density at radius 1 is 0.364 bits per heavy atom. The van der Waals surface area contributed by atoms with Crippen molar-refractivity contribution < 1.29 is 4.74 Å². The lowest BCUT2D eigenvalue weighted by atomic mass is 9.91. The number of rotatable bonds is 3. The number of pyridine rings is 1. The van der Waals surface area contributed by atoms with Gasteiger partial charge in [0.05, 0.1) is 27.9 Å². The van der Waals surface area contributed by atoms with E-state index < -0.39 is 0 Å². The Morgan fingerprint density at radius 3 is 1.68 bits per heavy atom. The molecule has 15 rings (SSSR count). The van der Waals surface area contributed by atoms with Crippen molar-refractivity contribution in [2.24, 2.45) is 0 Å². The quantitative estimate of drug-likeness (QED) is 0.166. The lowest BCUT2D eigenvalue weighted by molar-refractivity contribution is 0.478. The van der Waals surface area contributed by atoms with Crippen molar-refractivity contribution in [1.29, 1.82) is 0 Å². The van der Waals surface area contributed by atoms with Crippen LogP contribution >= 0.6 is 11.3 Å². The highest BCUT2D eigenvalue weighted by Gasteiger charge is 2.30. The second kappa shape index (κ2) is 13.5. The summed E-state index contributed by atoms with van der Waals surface area (Å²) < 4.78 is 12.2. The van der Waals surface area contributed by atoms with Crippen LogP contribution in [0.3, 0.4) is 0 Å². The maximum absolute atomic E-state index is 7.25. The predicted molar refractivity (Wildman–Crippen MR) is 279 cm³/mol. The molecule has 4 nitrogen and oxygen atoms in total. The van der Waals surface area contributed by atoms with Crippen LogP contribution in [0, 0.1) is 0 Å². The molecule has 0 saturated heterocycles. The first kappa shape index (κ1) is 35.9. The number of hydrogen-bond donors (Lipinski definition) is 0. The van der Waals surface area contributed by atoms with Gasteiger partial charge in [0.15, 0.2) is 11.5 Å². The monoisotopic (exact) mass is 857 g/mol. The minimum atomic E-state index is 0.798. The Hall–Kier alpha value is -8.51. The average molecular weight is 858 g/mol. The van der Waals surface area contributed by atoms with Crippen molar-refractivity contribution >= 4 is 119 Å². The van der Waals surface area contributed by atoms with Crippen LogP contribution in [0.2, 0.25) is 0 Å². The SMILES string of the molecule is c1ccc(N2c3cc(-c4ccc5c(c4)sc4ccccc45)c(-c4ccc5nc6c7ccccc7c7ccccc7n6c5c4)cc3Oc3cc4c5ccccc5c5ccccc5c4cc32)cc1. The van der Waals surface area contributed by atoms with E-state index >= 15 is 0 Å². The van der Waals surface area contributed by atoms with Crippen LogP contribution < -0.4 is 9.64 Å². The van der Waals surface area contributed by atoms with Gasteiger partial charge in [-0.15, -0.1) is 11.3 Å². The van der Waals surface area contributed by atoms with Gasteiger partial charge < -0.3 is 9.64 Å². The standard InChI is InChI=1S/C61H35N3OS/c1-2-14-38(15-3-1)63-55-32-48(37-26-28-46-45-22-11-13-25-59(45)66-60(46)31-37)49(36-27-29-52-54(30-36)64-53-24-12-10-21-44(53)43-20-8-9-23-47(43)61(64)62-52)34-57(55)65-58-35-51-42-19-7-5-17-40(42)39-16-4-6-18-41(39)50(51)33-56(58)63/h1-35H. The maximum atomic E-state index is 7.25. The van der Waals surface area contributed by atoms with Gasteiger partial charge in [0.1, 0.15) is 5.65 Å². The fourth-order valence-electron chi connectivity index (χ4n) is 11.0. The zero-order chi connectivity index (χ0) is 43.0. The van der Waals surface area contributed by atoms with Gasteiger partial charge >= 0.3 is 0 Å². The second-order valence-corrected chi connectivity index (χ2v) is 18.5. The minimum Gasteiger partial charge on any atom is -0.453 e. The molecule has 0 aliphatic carbocycles. The molecule has 1 aliphatic rings. The third-order valence-electron chi connectivity index (χ3n) is 13.9. The molecule has 0 fully saturated rings. The lowest BCUT2D eigenvalue weighted by Crippen LogP contribution is -2.16. The number of thiophene rings is 1. The molecule has 4 heterocycles. The zero-order valence-corrected chi connectivity index (χ0v) is 36.2. The van der Waals surface area contributed by atoms with E-state index in [2.05, 4.69) is 222 Å². The number of fused-ring (bicyclic) bond motifs is 19. The Kier molecular flexibility index (Phi) is 7.34. The summed E-state index contributed by atoms with van der Waals surface area (Å²) in [7, 11) is 0. The van der Waals surface area contributed by atoms with Gasteiger partial charge in [0.25, 0.3) is 0 Å². The van der Waals surface area contributed by atoms with E-state index in [0.29, 0.717) is 0 Å². The van der Waals surface area contributed by atoms with Gasteiger partial charge in [-0.3, -0.25) is 4.40 Å². The molecule has 14 aromatic rings. The van der Waals surface area contributed by atoms with Crippen molar-refractivity contribution in [3.8, 4) is 33.8 Å². The summed E-state index contributed by atoms with van der Waals surface area (Å²) in [5.41, 5.74) is 11.6. The maximum Gasteiger partial charge on any atom is 0.152 e. The Bertz CT molecular complexity index is 4390. The van der Waals surface area contributed by atoms with E-state index in [9.17, 15) is 0 Å². The van der Waals surface area contributed by atoms with Gasteiger partial charge in [0.2, 0.25) is 0 Å². The number of anilines is 3. The topological polar surface area (TPSA) is 29.8 Å². The van der Waals surface area contributed by atoms with Crippen LogP contribution in [0.5, 0.6) is 11.5 Å². The predicted octanol–water partition coefficient (Wildman–Crippen LogP) is 17.5. The number of hydrogen-bond acceptors (Lipinski definition) is 4. The summed E-state index contributed by atoms with van der Waals surface area (Å²) >= 11 is 1.85. The summed E-state index contributed by atoms with van der Waals surface area (Å²) in [5, 5.41) is 13.4. The first-order valence-corrected chi connectivity index (χ1v) is 23.3. The van der Waals surface area contributed by atoms with Gasteiger partial charge in [-0.25, -0.2) is 4.98 Å². The van der Waals surface area contributed by atoms with E-state index in [1.807, 2.05) is 11.3 Å². The molecule has 11 aromatic carbocycles. The smallest absolute Gasteiger partial charge is 0.152 e. The Balaban J connectivity index is 1.02. The fourth-order valence-corrected chi connectivity index (χ4v) is 12.1. The molecular weight excluding hydrogens is 823 g/mol. The third kappa shape index (κ3) is 5.06. The highest BCUT2D eigenvalue weighted by Crippen LogP contribution is 2.56. The largest absolute Gasteiger partial charge is 0.453 e. The van der Waals surface area contributed by atoms with Crippen LogP contribution in [-0.4, -0.2) is 9.38 Å². The number of para-hydroxylation sites is 2. The molecule has 5 heteroatoms. The number of imidazole rings is 1. The van der Waals surface area contributed by atoms with Crippen LogP contribution in [0.4, 0.5) is 17.1 Å². The highest BCUT2D eigenvalue weighted by molar-refractivity contribution is 7.25. The molecule has 0 spiro atoms. The lowest BCUT2D eigenvalue weighted by Gasteiger charge is -2.34. The van der Waals surface area contributed by atoms with Gasteiger partial charge in [-0.2, -0.15) is 0 Å². The number of ether oxygens (including phenoxy) is 1. The summed E-state index contributed by atoms with van der Waals surface area (Å²) in [6.07, 6.45) is 0. The normalized spacial score (nSPS) is 12.6. The van der Waals surface area contributed by atoms with Crippen molar-refractivity contribution in [1.82, 2.24) is 9.38 Å². The summed E-state index contributed by atoms with van der Waals surface area (Å²) in [6.45, 7) is 0. The molecule has 0 radical (unpaired) electrons. The first-order valence-electron chi connectivity index (χ1n) is 22.4. The van der Waals surface area contributed by atoms with E-state index in [0.717, 1.165) is 78.4 Å².